The van der Waals surface area contributed by atoms with Crippen LogP contribution in [0.5, 0.6) is 0 Å². The molecule has 1 heterocycles. The molecule has 1 N–H and O–H groups in total. The Kier molecular flexibility index (Phi) is 13.7. The molecule has 0 spiro atoms. The second-order valence-corrected chi connectivity index (χ2v) is 9.62. The van der Waals surface area contributed by atoms with Crippen LogP contribution in [-0.2, 0) is 37.5 Å². The molecule has 1 atom stereocenters. The Balaban J connectivity index is 0.000000581. The maximum Gasteiger partial charge on any atom is 0.282 e. The fourth-order valence-electron chi connectivity index (χ4n) is 5.21. The fraction of sp³-hybridized carbons (Fsp3) is 0.552. The minimum Gasteiger partial charge on any atom is -0.320 e. The van der Waals surface area contributed by atoms with Gasteiger partial charge in [-0.2, -0.15) is 0 Å². The van der Waals surface area contributed by atoms with Crippen molar-refractivity contribution in [3.63, 3.8) is 0 Å². The van der Waals surface area contributed by atoms with E-state index < -0.39 is 0 Å². The largest absolute Gasteiger partial charge is 0.320 e. The quantitative estimate of drug-likeness (QED) is 0.399. The Morgan fingerprint density at radius 3 is 1.85 bits per heavy atom. The van der Waals surface area contributed by atoms with Gasteiger partial charge in [-0.05, 0) is 77.8 Å². The predicted octanol–water partition coefficient (Wildman–Crippen LogP) is 7.12. The van der Waals surface area contributed by atoms with Crippen molar-refractivity contribution in [2.45, 2.75) is 86.1 Å². The number of hydrogen-bond acceptors (Lipinski definition) is 1. The van der Waals surface area contributed by atoms with Gasteiger partial charge in [-0.25, -0.2) is 0 Å². The van der Waals surface area contributed by atoms with Crippen molar-refractivity contribution in [2.75, 3.05) is 25.0 Å². The Morgan fingerprint density at radius 2 is 1.42 bits per heavy atom. The maximum atomic E-state index is 13.3. The Labute approximate surface area is 228 Å². The van der Waals surface area contributed by atoms with E-state index in [1.54, 1.807) is 0 Å². The van der Waals surface area contributed by atoms with E-state index in [0.717, 1.165) is 42.6 Å². The minimum absolute atomic E-state index is 0. The Morgan fingerprint density at radius 1 is 0.879 bits per heavy atom. The molecule has 1 amide bonds. The minimum atomic E-state index is 0. The molecular formula is C29H45N2OY+. The molecule has 3 nitrogen and oxygen atoms in total. The molecule has 1 aliphatic rings. The van der Waals surface area contributed by atoms with Crippen LogP contribution in [0, 0.1) is 27.7 Å². The molecule has 0 saturated carbocycles. The van der Waals surface area contributed by atoms with Gasteiger partial charge >= 0.3 is 0 Å². The van der Waals surface area contributed by atoms with Gasteiger partial charge in [-0.1, -0.05) is 60.5 Å². The number of rotatable bonds is 6. The zero-order chi connectivity index (χ0) is 23.6. The molecule has 0 aromatic heterocycles. The third-order valence-electron chi connectivity index (χ3n) is 6.98. The summed E-state index contributed by atoms with van der Waals surface area (Å²) in [5.74, 6) is 0.223. The summed E-state index contributed by atoms with van der Waals surface area (Å²) in [5.41, 5.74) is 5.92. The van der Waals surface area contributed by atoms with Gasteiger partial charge in [0, 0.05) is 44.8 Å². The summed E-state index contributed by atoms with van der Waals surface area (Å²) in [6.07, 6.45) is 7.18. The monoisotopic (exact) mass is 526 g/mol. The number of aryl methyl sites for hydroxylation is 4. The van der Waals surface area contributed by atoms with Crippen molar-refractivity contribution in [1.29, 1.82) is 0 Å². The molecule has 1 saturated heterocycles. The van der Waals surface area contributed by atoms with Crippen molar-refractivity contribution >= 4 is 11.6 Å². The summed E-state index contributed by atoms with van der Waals surface area (Å²) in [7, 11) is 0. The van der Waals surface area contributed by atoms with Crippen LogP contribution in [-0.4, -0.2) is 36.1 Å². The summed E-state index contributed by atoms with van der Waals surface area (Å²) in [6, 6.07) is 14.7. The first kappa shape index (κ1) is 30.0. The second kappa shape index (κ2) is 15.1. The zero-order valence-corrected chi connectivity index (χ0v) is 24.8. The molecule has 1 radical (unpaired) electrons. The first-order valence-corrected chi connectivity index (χ1v) is 12.6. The van der Waals surface area contributed by atoms with Crippen LogP contribution in [0.1, 0.15) is 74.6 Å². The maximum absolute atomic E-state index is 13.3. The molecule has 0 aliphatic carbocycles. The number of benzene rings is 2. The molecule has 4 heteroatoms. The molecule has 1 aliphatic heterocycles. The van der Waals surface area contributed by atoms with Crippen molar-refractivity contribution in [3.05, 3.63) is 64.7 Å². The van der Waals surface area contributed by atoms with Crippen LogP contribution in [0.15, 0.2) is 42.5 Å². The van der Waals surface area contributed by atoms with Crippen molar-refractivity contribution in [2.24, 2.45) is 0 Å². The molecule has 33 heavy (non-hydrogen) atoms. The van der Waals surface area contributed by atoms with E-state index in [4.69, 9.17) is 0 Å². The van der Waals surface area contributed by atoms with Crippen LogP contribution in [0.3, 0.4) is 0 Å². The number of likely N-dealkylation sites (tertiary alicyclic amines) is 1. The van der Waals surface area contributed by atoms with Gasteiger partial charge in [0.2, 0.25) is 0 Å². The van der Waals surface area contributed by atoms with Crippen molar-refractivity contribution in [1.82, 2.24) is 0 Å². The number of nitrogens with one attached hydrogen (secondary N) is 1. The van der Waals surface area contributed by atoms with Gasteiger partial charge in [-0.15, -0.1) is 0 Å². The van der Waals surface area contributed by atoms with Crippen molar-refractivity contribution in [3.8, 4) is 0 Å². The molecule has 179 valence electrons. The van der Waals surface area contributed by atoms with Gasteiger partial charge in [0.25, 0.3) is 5.91 Å². The number of quaternary nitrogens is 1. The first-order valence-electron chi connectivity index (χ1n) is 12.6. The Hall–Kier alpha value is -1.03. The summed E-state index contributed by atoms with van der Waals surface area (Å²) in [6.45, 7) is 16.2. The summed E-state index contributed by atoms with van der Waals surface area (Å²) in [5, 5.41) is 3.31. The molecular weight excluding hydrogens is 481 g/mol. The van der Waals surface area contributed by atoms with E-state index in [-0.39, 0.29) is 44.7 Å². The third-order valence-corrected chi connectivity index (χ3v) is 6.98. The number of carbonyl (C=O) groups is 1. The van der Waals surface area contributed by atoms with E-state index in [1.165, 1.54) is 47.9 Å². The van der Waals surface area contributed by atoms with E-state index in [1.807, 2.05) is 18.2 Å². The predicted molar refractivity (Wildman–Crippen MR) is 138 cm³/mol. The summed E-state index contributed by atoms with van der Waals surface area (Å²) < 4.78 is 0.976. The number of hydrogen-bond donors (Lipinski definition) is 1. The van der Waals surface area contributed by atoms with Gasteiger partial charge in [0.05, 0.1) is 19.6 Å². The average Bonchev–Trinajstić information content (AvgIpc) is 3.02. The summed E-state index contributed by atoms with van der Waals surface area (Å²) in [4.78, 5) is 13.3. The van der Waals surface area contributed by atoms with Gasteiger partial charge in [0.15, 0.2) is 6.04 Å². The van der Waals surface area contributed by atoms with E-state index in [0.29, 0.717) is 0 Å². The number of nitrogens with zero attached hydrogens (tertiary/aromatic N) is 1. The molecule has 2 aromatic rings. The molecule has 3 rings (SSSR count). The van der Waals surface area contributed by atoms with E-state index in [9.17, 15) is 4.79 Å². The summed E-state index contributed by atoms with van der Waals surface area (Å²) >= 11 is 0. The molecule has 1 unspecified atom stereocenters. The van der Waals surface area contributed by atoms with Crippen LogP contribution >= 0.6 is 0 Å². The Bertz CT molecular complexity index is 819. The fourth-order valence-corrected chi connectivity index (χ4v) is 5.21. The number of likely N-dealkylation sites (N-methyl/N-ethyl adjacent to an activating group) is 1. The van der Waals surface area contributed by atoms with Gasteiger partial charge in [0.1, 0.15) is 0 Å². The number of carbonyl (C=O) groups excluding carboxylic acids is 1. The second-order valence-electron chi connectivity index (χ2n) is 9.62. The van der Waals surface area contributed by atoms with Gasteiger partial charge < -0.3 is 9.80 Å². The smallest absolute Gasteiger partial charge is 0.282 e. The van der Waals surface area contributed by atoms with Crippen LogP contribution in [0.25, 0.3) is 0 Å². The van der Waals surface area contributed by atoms with Gasteiger partial charge in [-0.3, -0.25) is 4.79 Å². The normalized spacial score (nSPS) is 15.8. The topological polar surface area (TPSA) is 29.1 Å². The average molecular weight is 527 g/mol. The van der Waals surface area contributed by atoms with Crippen molar-refractivity contribution < 1.29 is 42.0 Å². The zero-order valence-electron chi connectivity index (χ0n) is 21.9. The number of anilines is 1. The van der Waals surface area contributed by atoms with E-state index in [2.05, 4.69) is 71.1 Å². The van der Waals surface area contributed by atoms with E-state index >= 15 is 0 Å². The SMILES string of the molecule is CCCC(C(=O)Nc1c(C)cc(C)cc1C)[N+]1(CC)CCCCCC1.Cc1ccccc1.[Y]. The molecule has 1 fully saturated rings. The van der Waals surface area contributed by atoms with Crippen LogP contribution in [0.2, 0.25) is 0 Å². The van der Waals surface area contributed by atoms with Crippen LogP contribution < -0.4 is 5.32 Å². The molecule has 2 aromatic carbocycles. The first-order chi connectivity index (χ1) is 15.3. The third kappa shape index (κ3) is 8.93. The standard InChI is InChI=1S/C22H36N2O.C7H8.Y/c1-6-12-20(24(7-2)13-10-8-9-11-14-24)22(25)23-21-18(4)15-17(3)16-19(21)5;1-7-5-3-2-4-6-7;/h15-16,20H,6-14H2,1-5H3;2-6H,1H3;/p+1. The number of amides is 1. The van der Waals surface area contributed by atoms with Crippen LogP contribution in [0.4, 0.5) is 5.69 Å². The molecule has 0 bridgehead atoms.